The minimum absolute atomic E-state index is 0.390. The van der Waals surface area contributed by atoms with E-state index in [4.69, 9.17) is 16.3 Å². The number of aryl methyl sites for hydroxylation is 1. The Bertz CT molecular complexity index is 846. The number of benzene rings is 2. The van der Waals surface area contributed by atoms with Crippen LogP contribution in [0.15, 0.2) is 36.4 Å². The van der Waals surface area contributed by atoms with E-state index in [1.165, 1.54) is 20.0 Å². The number of nitrogens with one attached hydrogen (secondary N) is 2. The summed E-state index contributed by atoms with van der Waals surface area (Å²) in [5.41, 5.74) is 2.85. The number of anilines is 3. The number of rotatable bonds is 4. The highest BCUT2D eigenvalue weighted by Gasteiger charge is 2.18. The lowest BCUT2D eigenvalue weighted by atomic mass is 10.2. The Balaban J connectivity index is 1.64. The largest absolute Gasteiger partial charge is 0.495 e. The fraction of sp³-hybridized carbons (Fsp3) is 0.300. The second-order valence-electron chi connectivity index (χ2n) is 6.45. The molecule has 3 rings (SSSR count). The lowest BCUT2D eigenvalue weighted by Crippen LogP contribution is -2.29. The van der Waals surface area contributed by atoms with Crippen molar-refractivity contribution in [2.45, 2.75) is 19.8 Å². The molecule has 2 N–H and O–H groups in total. The molecule has 0 aliphatic carbocycles. The number of hydrogen-bond donors (Lipinski definition) is 2. The lowest BCUT2D eigenvalue weighted by molar-refractivity contribution is -0.133. The van der Waals surface area contributed by atoms with Crippen LogP contribution in [-0.2, 0) is 9.59 Å². The van der Waals surface area contributed by atoms with E-state index in [2.05, 4.69) is 15.5 Å². The van der Waals surface area contributed by atoms with Gasteiger partial charge in [-0.3, -0.25) is 9.59 Å². The van der Waals surface area contributed by atoms with Gasteiger partial charge in [0.1, 0.15) is 5.75 Å². The number of nitrogens with zero attached hydrogens (tertiary/aromatic N) is 1. The molecule has 1 aliphatic rings. The molecule has 1 heterocycles. The van der Waals surface area contributed by atoms with Gasteiger partial charge >= 0.3 is 11.8 Å². The molecule has 6 nitrogen and oxygen atoms in total. The zero-order valence-electron chi connectivity index (χ0n) is 15.3. The zero-order valence-corrected chi connectivity index (χ0v) is 16.1. The van der Waals surface area contributed by atoms with E-state index in [9.17, 15) is 9.59 Å². The standard InChI is InChI=1S/C20H22ClN3O3/c1-13-11-17(18(27-2)12-16(13)21)23-20(26)19(25)22-14-5-7-15(8-6-14)24-9-3-4-10-24/h5-8,11-12H,3-4,9-10H2,1-2H3,(H,22,25)(H,23,26). The summed E-state index contributed by atoms with van der Waals surface area (Å²) in [4.78, 5) is 26.7. The Hall–Kier alpha value is -2.73. The first kappa shape index (κ1) is 19.0. The van der Waals surface area contributed by atoms with Gasteiger partial charge in [-0.1, -0.05) is 11.6 Å². The summed E-state index contributed by atoms with van der Waals surface area (Å²) < 4.78 is 5.21. The molecule has 1 saturated heterocycles. The predicted octanol–water partition coefficient (Wildman–Crippen LogP) is 3.83. The van der Waals surface area contributed by atoms with E-state index in [1.54, 1.807) is 31.2 Å². The molecule has 0 aromatic heterocycles. The Morgan fingerprint density at radius 3 is 2.30 bits per heavy atom. The smallest absolute Gasteiger partial charge is 0.314 e. The van der Waals surface area contributed by atoms with Crippen LogP contribution in [0, 0.1) is 6.92 Å². The van der Waals surface area contributed by atoms with E-state index in [-0.39, 0.29) is 0 Å². The number of hydrogen-bond acceptors (Lipinski definition) is 4. The molecule has 142 valence electrons. The normalized spacial score (nSPS) is 13.4. The Morgan fingerprint density at radius 1 is 1.04 bits per heavy atom. The topological polar surface area (TPSA) is 70.7 Å². The number of amides is 2. The number of carbonyl (C=O) groups is 2. The van der Waals surface area contributed by atoms with Gasteiger partial charge in [0.15, 0.2) is 0 Å². The molecule has 1 aliphatic heterocycles. The number of carbonyl (C=O) groups excluding carboxylic acids is 2. The third kappa shape index (κ3) is 4.52. The summed E-state index contributed by atoms with van der Waals surface area (Å²) in [6, 6.07) is 10.8. The van der Waals surface area contributed by atoms with Crippen molar-refractivity contribution < 1.29 is 14.3 Å². The predicted molar refractivity (Wildman–Crippen MR) is 108 cm³/mol. The van der Waals surface area contributed by atoms with Crippen LogP contribution in [0.5, 0.6) is 5.75 Å². The minimum Gasteiger partial charge on any atom is -0.495 e. The van der Waals surface area contributed by atoms with Gasteiger partial charge in [0.05, 0.1) is 12.8 Å². The van der Waals surface area contributed by atoms with E-state index < -0.39 is 11.8 Å². The average Bonchev–Trinajstić information content (AvgIpc) is 3.19. The van der Waals surface area contributed by atoms with Crippen molar-refractivity contribution in [1.29, 1.82) is 0 Å². The van der Waals surface area contributed by atoms with Crippen molar-refractivity contribution in [1.82, 2.24) is 0 Å². The van der Waals surface area contributed by atoms with Crippen LogP contribution in [0.3, 0.4) is 0 Å². The SMILES string of the molecule is COc1cc(Cl)c(C)cc1NC(=O)C(=O)Nc1ccc(N2CCCC2)cc1. The quantitative estimate of drug-likeness (QED) is 0.782. The molecule has 2 aromatic rings. The average molecular weight is 388 g/mol. The third-order valence-corrected chi connectivity index (χ3v) is 4.94. The summed E-state index contributed by atoms with van der Waals surface area (Å²) in [5.74, 6) is -1.14. The van der Waals surface area contributed by atoms with Crippen molar-refractivity contribution in [3.8, 4) is 5.75 Å². The Labute approximate surface area is 163 Å². The molecular weight excluding hydrogens is 366 g/mol. The Morgan fingerprint density at radius 2 is 1.67 bits per heavy atom. The van der Waals surface area contributed by atoms with Gasteiger partial charge < -0.3 is 20.3 Å². The summed E-state index contributed by atoms with van der Waals surface area (Å²) in [5, 5.41) is 5.69. The maximum atomic E-state index is 12.2. The van der Waals surface area contributed by atoms with Gasteiger partial charge in [-0.05, 0) is 55.7 Å². The van der Waals surface area contributed by atoms with Crippen LogP contribution in [0.2, 0.25) is 5.02 Å². The molecule has 0 radical (unpaired) electrons. The van der Waals surface area contributed by atoms with Crippen molar-refractivity contribution in [2.75, 3.05) is 35.7 Å². The Kier molecular flexibility index (Phi) is 5.86. The zero-order chi connectivity index (χ0) is 19.4. The monoisotopic (exact) mass is 387 g/mol. The molecule has 7 heteroatoms. The summed E-state index contributed by atoms with van der Waals surface area (Å²) >= 11 is 6.06. The van der Waals surface area contributed by atoms with Gasteiger partial charge in [-0.15, -0.1) is 0 Å². The molecule has 0 saturated carbocycles. The van der Waals surface area contributed by atoms with Crippen LogP contribution >= 0.6 is 11.6 Å². The van der Waals surface area contributed by atoms with Crippen LogP contribution in [-0.4, -0.2) is 32.0 Å². The second kappa shape index (κ2) is 8.31. The minimum atomic E-state index is -0.779. The molecule has 27 heavy (non-hydrogen) atoms. The lowest BCUT2D eigenvalue weighted by Gasteiger charge is -2.17. The highest BCUT2D eigenvalue weighted by atomic mass is 35.5. The van der Waals surface area contributed by atoms with Crippen LogP contribution in [0.1, 0.15) is 18.4 Å². The fourth-order valence-electron chi connectivity index (χ4n) is 3.03. The van der Waals surface area contributed by atoms with Crippen LogP contribution in [0.4, 0.5) is 17.1 Å². The van der Waals surface area contributed by atoms with Crippen LogP contribution in [0.25, 0.3) is 0 Å². The summed E-state index contributed by atoms with van der Waals surface area (Å²) in [7, 11) is 1.47. The fourth-order valence-corrected chi connectivity index (χ4v) is 3.18. The van der Waals surface area contributed by atoms with Crippen molar-refractivity contribution in [3.63, 3.8) is 0 Å². The number of ether oxygens (including phenoxy) is 1. The number of halogens is 1. The molecule has 1 fully saturated rings. The highest BCUT2D eigenvalue weighted by Crippen LogP contribution is 2.31. The molecule has 2 aromatic carbocycles. The van der Waals surface area contributed by atoms with Gasteiger partial charge in [0.2, 0.25) is 0 Å². The van der Waals surface area contributed by atoms with E-state index >= 15 is 0 Å². The summed E-state index contributed by atoms with van der Waals surface area (Å²) in [6.45, 7) is 3.91. The highest BCUT2D eigenvalue weighted by molar-refractivity contribution is 6.43. The molecule has 0 atom stereocenters. The van der Waals surface area contributed by atoms with Gasteiger partial charge in [-0.25, -0.2) is 0 Å². The second-order valence-corrected chi connectivity index (χ2v) is 6.86. The van der Waals surface area contributed by atoms with Gasteiger partial charge in [0, 0.05) is 35.6 Å². The van der Waals surface area contributed by atoms with E-state index in [0.29, 0.717) is 22.1 Å². The van der Waals surface area contributed by atoms with Gasteiger partial charge in [-0.2, -0.15) is 0 Å². The maximum Gasteiger partial charge on any atom is 0.314 e. The number of methoxy groups -OCH3 is 1. The first-order valence-corrected chi connectivity index (χ1v) is 9.17. The van der Waals surface area contributed by atoms with Crippen LogP contribution < -0.4 is 20.3 Å². The molecule has 0 unspecified atom stereocenters. The maximum absolute atomic E-state index is 12.2. The van der Waals surface area contributed by atoms with Crippen molar-refractivity contribution >= 4 is 40.5 Å². The third-order valence-electron chi connectivity index (χ3n) is 4.53. The molecular formula is C20H22ClN3O3. The first-order valence-electron chi connectivity index (χ1n) is 8.79. The molecule has 0 bridgehead atoms. The molecule has 2 amide bonds. The summed E-state index contributed by atoms with van der Waals surface area (Å²) in [6.07, 6.45) is 2.40. The van der Waals surface area contributed by atoms with Crippen molar-refractivity contribution in [3.05, 3.63) is 47.0 Å². The van der Waals surface area contributed by atoms with Gasteiger partial charge in [0.25, 0.3) is 0 Å². The first-order chi connectivity index (χ1) is 13.0. The van der Waals surface area contributed by atoms with E-state index in [0.717, 1.165) is 24.3 Å². The van der Waals surface area contributed by atoms with E-state index in [1.807, 2.05) is 12.1 Å². The van der Waals surface area contributed by atoms with Crippen molar-refractivity contribution in [2.24, 2.45) is 0 Å². The molecule has 0 spiro atoms.